The van der Waals surface area contributed by atoms with E-state index in [2.05, 4.69) is 21.3 Å². The van der Waals surface area contributed by atoms with E-state index in [0.717, 1.165) is 39.1 Å². The Morgan fingerprint density at radius 3 is 2.35 bits per heavy atom. The van der Waals surface area contributed by atoms with Crippen molar-refractivity contribution in [3.05, 3.63) is 105 Å². The molecule has 0 aliphatic rings. The monoisotopic (exact) mass is 502 g/mol. The molecule has 0 fully saturated rings. The van der Waals surface area contributed by atoms with Crippen molar-refractivity contribution in [3.8, 4) is 22.8 Å². The third-order valence-corrected chi connectivity index (χ3v) is 5.96. The second kappa shape index (κ2) is 9.09. The second-order valence-corrected chi connectivity index (χ2v) is 8.75. The van der Waals surface area contributed by atoms with Gasteiger partial charge < -0.3 is 5.11 Å². The first-order valence-corrected chi connectivity index (χ1v) is 11.3. The van der Waals surface area contributed by atoms with Crippen molar-refractivity contribution in [1.29, 1.82) is 0 Å². The highest BCUT2D eigenvalue weighted by molar-refractivity contribution is 6.02. The van der Waals surface area contributed by atoms with Gasteiger partial charge in [-0.05, 0) is 50.2 Å². The molecule has 0 aliphatic carbocycles. The van der Waals surface area contributed by atoms with Crippen LogP contribution in [0.1, 0.15) is 22.3 Å². The van der Waals surface area contributed by atoms with E-state index in [1.165, 1.54) is 18.3 Å². The third kappa shape index (κ3) is 4.63. The fourth-order valence-electron chi connectivity index (χ4n) is 4.34. The summed E-state index contributed by atoms with van der Waals surface area (Å²) in [4.78, 5) is 17.6. The number of aromatic nitrogens is 3. The Kier molecular flexibility index (Phi) is 5.91. The molecule has 37 heavy (non-hydrogen) atoms. The van der Waals surface area contributed by atoms with Gasteiger partial charge in [0.15, 0.2) is 5.82 Å². The fourth-order valence-corrected chi connectivity index (χ4v) is 4.34. The van der Waals surface area contributed by atoms with Crippen LogP contribution in [0.4, 0.5) is 19.0 Å². The maximum atomic E-state index is 13.3. The highest BCUT2D eigenvalue weighted by Crippen LogP contribution is 2.32. The molecule has 0 saturated heterocycles. The normalized spacial score (nSPS) is 12.0. The summed E-state index contributed by atoms with van der Waals surface area (Å²) in [6.07, 6.45) is -3.26. The van der Waals surface area contributed by atoms with E-state index in [1.54, 1.807) is 30.3 Å². The van der Waals surface area contributed by atoms with Crippen molar-refractivity contribution in [2.24, 2.45) is 4.99 Å². The lowest BCUT2D eigenvalue weighted by atomic mass is 10.1. The van der Waals surface area contributed by atoms with Gasteiger partial charge in [-0.2, -0.15) is 18.3 Å². The smallest absolute Gasteiger partial charge is 0.416 e. The van der Waals surface area contributed by atoms with Crippen molar-refractivity contribution < 1.29 is 18.3 Å². The molecule has 0 spiro atoms. The van der Waals surface area contributed by atoms with Crippen molar-refractivity contribution in [2.75, 3.05) is 0 Å². The number of alkyl halides is 3. The van der Waals surface area contributed by atoms with Gasteiger partial charge in [-0.1, -0.05) is 41.5 Å². The summed E-state index contributed by atoms with van der Waals surface area (Å²) < 4.78 is 40.8. The van der Waals surface area contributed by atoms with Crippen molar-refractivity contribution >= 4 is 22.8 Å². The number of halogens is 3. The summed E-state index contributed by atoms with van der Waals surface area (Å²) >= 11 is 0. The van der Waals surface area contributed by atoms with Gasteiger partial charge in [0.1, 0.15) is 0 Å². The molecule has 9 heteroatoms. The number of aliphatic imine (C=N–C) groups is 1. The zero-order chi connectivity index (χ0) is 26.3. The molecule has 0 amide bonds. The predicted octanol–water partition coefficient (Wildman–Crippen LogP) is 6.47. The van der Waals surface area contributed by atoms with Crippen LogP contribution in [0.25, 0.3) is 27.7 Å². The number of fused-ring (bicyclic) bond motifs is 1. The second-order valence-electron chi connectivity index (χ2n) is 8.75. The van der Waals surface area contributed by atoms with E-state index in [0.29, 0.717) is 11.2 Å². The molecule has 0 radical (unpaired) electrons. The van der Waals surface area contributed by atoms with Gasteiger partial charge in [-0.3, -0.25) is 9.89 Å². The van der Waals surface area contributed by atoms with Crippen molar-refractivity contribution in [2.45, 2.75) is 20.0 Å². The van der Waals surface area contributed by atoms with Gasteiger partial charge in [0.2, 0.25) is 5.88 Å². The average molecular weight is 502 g/mol. The highest BCUT2D eigenvalue weighted by Gasteiger charge is 2.31. The van der Waals surface area contributed by atoms with Crippen molar-refractivity contribution in [3.63, 3.8) is 0 Å². The van der Waals surface area contributed by atoms with Crippen LogP contribution in [0.15, 0.2) is 82.6 Å². The van der Waals surface area contributed by atoms with Gasteiger partial charge in [0.25, 0.3) is 5.56 Å². The minimum absolute atomic E-state index is 0.116. The minimum atomic E-state index is -4.61. The number of pyridine rings is 1. The first-order valence-electron chi connectivity index (χ1n) is 11.3. The molecule has 2 aromatic heterocycles. The number of benzene rings is 3. The molecule has 5 rings (SSSR count). The molecule has 0 atom stereocenters. The molecule has 2 N–H and O–H groups in total. The van der Waals surface area contributed by atoms with Crippen LogP contribution in [-0.2, 0) is 6.18 Å². The van der Waals surface area contributed by atoms with E-state index in [9.17, 15) is 23.1 Å². The van der Waals surface area contributed by atoms with Crippen LogP contribution < -0.4 is 5.56 Å². The predicted molar refractivity (Wildman–Crippen MR) is 137 cm³/mol. The van der Waals surface area contributed by atoms with Gasteiger partial charge in [0.05, 0.1) is 22.5 Å². The zero-order valence-electron chi connectivity index (χ0n) is 19.8. The topological polar surface area (TPSA) is 83.3 Å². The quantitative estimate of drug-likeness (QED) is 0.276. The van der Waals surface area contributed by atoms with Crippen LogP contribution in [0.5, 0.6) is 5.88 Å². The first kappa shape index (κ1) is 24.1. The SMILES string of the molecule is Cc1cc(C)cc(-c2cc(N=Cc3c(O)n(-c4cccc(C(F)(F)F)c4)c(=O)c4ccccc34)n[nH]2)c1. The molecule has 0 bridgehead atoms. The van der Waals surface area contributed by atoms with Crippen LogP contribution in [-0.4, -0.2) is 26.1 Å². The first-order chi connectivity index (χ1) is 17.6. The molecule has 0 saturated carbocycles. The number of aryl methyl sites for hydroxylation is 2. The van der Waals surface area contributed by atoms with Crippen LogP contribution in [0.3, 0.4) is 0 Å². The lowest BCUT2D eigenvalue weighted by Crippen LogP contribution is -2.20. The summed E-state index contributed by atoms with van der Waals surface area (Å²) in [5, 5.41) is 18.9. The highest BCUT2D eigenvalue weighted by atomic mass is 19.4. The summed E-state index contributed by atoms with van der Waals surface area (Å²) in [6.45, 7) is 4.00. The minimum Gasteiger partial charge on any atom is -0.494 e. The Balaban J connectivity index is 1.62. The average Bonchev–Trinajstić information content (AvgIpc) is 3.32. The fraction of sp³-hybridized carbons (Fsp3) is 0.107. The molecule has 3 aromatic carbocycles. The van der Waals surface area contributed by atoms with Gasteiger partial charge in [-0.15, -0.1) is 0 Å². The lowest BCUT2D eigenvalue weighted by Gasteiger charge is -2.15. The number of nitrogens with one attached hydrogen (secondary N) is 1. The van der Waals surface area contributed by atoms with Gasteiger partial charge in [0, 0.05) is 28.6 Å². The number of hydrogen-bond donors (Lipinski definition) is 2. The Morgan fingerprint density at radius 2 is 1.65 bits per heavy atom. The summed E-state index contributed by atoms with van der Waals surface area (Å²) in [5.74, 6) is -0.202. The zero-order valence-corrected chi connectivity index (χ0v) is 19.8. The molecule has 2 heterocycles. The Hall–Kier alpha value is -4.66. The van der Waals surface area contributed by atoms with E-state index in [1.807, 2.05) is 26.0 Å². The number of rotatable bonds is 4. The summed E-state index contributed by atoms with van der Waals surface area (Å²) in [7, 11) is 0. The lowest BCUT2D eigenvalue weighted by molar-refractivity contribution is -0.137. The van der Waals surface area contributed by atoms with Crippen LogP contribution in [0.2, 0.25) is 0 Å². The van der Waals surface area contributed by atoms with E-state index < -0.39 is 23.2 Å². The summed E-state index contributed by atoms with van der Waals surface area (Å²) in [5.41, 5.74) is 2.36. The Bertz CT molecular complexity index is 1710. The van der Waals surface area contributed by atoms with Crippen molar-refractivity contribution in [1.82, 2.24) is 14.8 Å². The number of aromatic amines is 1. The van der Waals surface area contributed by atoms with E-state index in [4.69, 9.17) is 0 Å². The number of hydrogen-bond acceptors (Lipinski definition) is 4. The van der Waals surface area contributed by atoms with Gasteiger partial charge in [-0.25, -0.2) is 9.56 Å². The maximum Gasteiger partial charge on any atom is 0.416 e. The third-order valence-electron chi connectivity index (χ3n) is 5.96. The van der Waals surface area contributed by atoms with Crippen LogP contribution >= 0.6 is 0 Å². The largest absolute Gasteiger partial charge is 0.494 e. The van der Waals surface area contributed by atoms with Gasteiger partial charge >= 0.3 is 6.18 Å². The Labute approximate surface area is 209 Å². The number of aromatic hydroxyl groups is 1. The molecule has 0 aliphatic heterocycles. The van der Waals surface area contributed by atoms with E-state index >= 15 is 0 Å². The molecule has 0 unspecified atom stereocenters. The molecular weight excluding hydrogens is 481 g/mol. The number of nitrogens with zero attached hydrogens (tertiary/aromatic N) is 3. The molecule has 186 valence electrons. The van der Waals surface area contributed by atoms with Crippen LogP contribution in [0, 0.1) is 13.8 Å². The standard InChI is InChI=1S/C28H21F3N4O2/c1-16-10-17(2)12-18(11-16)24-14-25(34-33-24)32-15-23-21-8-3-4-9-22(21)26(36)35(27(23)37)20-7-5-6-19(13-20)28(29,30)31/h3-15,37H,1-2H3,(H,33,34). The molecule has 6 nitrogen and oxygen atoms in total. The maximum absolute atomic E-state index is 13.3. The summed E-state index contributed by atoms with van der Waals surface area (Å²) in [6, 6.07) is 18.6. The number of H-pyrrole nitrogens is 1. The molecule has 5 aromatic rings. The van der Waals surface area contributed by atoms with E-state index in [-0.39, 0.29) is 16.6 Å². The Morgan fingerprint density at radius 1 is 0.946 bits per heavy atom. The molecular formula is C28H21F3N4O2.